The SMILES string of the molecule is CC(C)N(C(=O)COc1cccc(Cl)c1)C(C)C. The second-order valence-corrected chi connectivity index (χ2v) is 5.17. The van der Waals surface area contributed by atoms with E-state index in [9.17, 15) is 4.79 Å². The van der Waals surface area contributed by atoms with E-state index in [4.69, 9.17) is 16.3 Å². The van der Waals surface area contributed by atoms with E-state index < -0.39 is 0 Å². The minimum absolute atomic E-state index is 0.0139. The Labute approximate surface area is 114 Å². The van der Waals surface area contributed by atoms with Gasteiger partial charge in [0, 0.05) is 17.1 Å². The lowest BCUT2D eigenvalue weighted by molar-refractivity contribution is -0.136. The van der Waals surface area contributed by atoms with Crippen molar-refractivity contribution in [3.05, 3.63) is 29.3 Å². The van der Waals surface area contributed by atoms with Gasteiger partial charge in [-0.15, -0.1) is 0 Å². The number of rotatable bonds is 5. The van der Waals surface area contributed by atoms with E-state index in [1.54, 1.807) is 24.3 Å². The minimum atomic E-state index is -0.0139. The topological polar surface area (TPSA) is 29.5 Å². The van der Waals surface area contributed by atoms with E-state index >= 15 is 0 Å². The van der Waals surface area contributed by atoms with Crippen molar-refractivity contribution in [2.24, 2.45) is 0 Å². The fourth-order valence-electron chi connectivity index (χ4n) is 1.95. The normalized spacial score (nSPS) is 10.8. The minimum Gasteiger partial charge on any atom is -0.484 e. The van der Waals surface area contributed by atoms with E-state index in [-0.39, 0.29) is 24.6 Å². The van der Waals surface area contributed by atoms with Gasteiger partial charge in [-0.2, -0.15) is 0 Å². The maximum atomic E-state index is 12.1. The van der Waals surface area contributed by atoms with Gasteiger partial charge >= 0.3 is 0 Å². The fraction of sp³-hybridized carbons (Fsp3) is 0.500. The number of hydrogen-bond acceptors (Lipinski definition) is 2. The predicted octanol–water partition coefficient (Wildman–Crippen LogP) is 3.36. The molecule has 0 aliphatic carbocycles. The van der Waals surface area contributed by atoms with Gasteiger partial charge in [-0.05, 0) is 45.9 Å². The van der Waals surface area contributed by atoms with Crippen molar-refractivity contribution in [1.82, 2.24) is 4.90 Å². The second-order valence-electron chi connectivity index (χ2n) is 4.73. The molecule has 0 spiro atoms. The smallest absolute Gasteiger partial charge is 0.260 e. The molecular formula is C14H20ClNO2. The maximum Gasteiger partial charge on any atom is 0.260 e. The van der Waals surface area contributed by atoms with Crippen LogP contribution in [0.1, 0.15) is 27.7 Å². The van der Waals surface area contributed by atoms with Gasteiger partial charge in [0.1, 0.15) is 5.75 Å². The van der Waals surface area contributed by atoms with E-state index in [0.717, 1.165) is 0 Å². The van der Waals surface area contributed by atoms with Crippen LogP contribution in [-0.2, 0) is 4.79 Å². The number of amides is 1. The molecule has 0 aromatic heterocycles. The molecule has 0 radical (unpaired) electrons. The van der Waals surface area contributed by atoms with Crippen LogP contribution >= 0.6 is 11.6 Å². The summed E-state index contributed by atoms with van der Waals surface area (Å²) in [4.78, 5) is 13.9. The molecule has 4 heteroatoms. The molecule has 0 atom stereocenters. The van der Waals surface area contributed by atoms with Crippen LogP contribution in [0.15, 0.2) is 24.3 Å². The number of halogens is 1. The van der Waals surface area contributed by atoms with Crippen LogP contribution in [0.5, 0.6) is 5.75 Å². The molecule has 18 heavy (non-hydrogen) atoms. The first-order valence-electron chi connectivity index (χ1n) is 6.11. The molecule has 3 nitrogen and oxygen atoms in total. The van der Waals surface area contributed by atoms with Crippen molar-refractivity contribution in [2.75, 3.05) is 6.61 Å². The number of hydrogen-bond donors (Lipinski definition) is 0. The molecule has 0 aliphatic rings. The number of carbonyl (C=O) groups excluding carboxylic acids is 1. The monoisotopic (exact) mass is 269 g/mol. The summed E-state index contributed by atoms with van der Waals surface area (Å²) in [5.74, 6) is 0.600. The zero-order valence-electron chi connectivity index (χ0n) is 11.3. The van der Waals surface area contributed by atoms with Crippen LogP contribution in [0.4, 0.5) is 0 Å². The number of nitrogens with zero attached hydrogens (tertiary/aromatic N) is 1. The van der Waals surface area contributed by atoms with Gasteiger partial charge in [-0.3, -0.25) is 4.79 Å². The molecule has 0 unspecified atom stereocenters. The number of ether oxygens (including phenoxy) is 1. The first-order chi connectivity index (χ1) is 8.41. The average Bonchev–Trinajstić information content (AvgIpc) is 2.25. The van der Waals surface area contributed by atoms with Crippen molar-refractivity contribution in [3.8, 4) is 5.75 Å². The van der Waals surface area contributed by atoms with Crippen molar-refractivity contribution in [2.45, 2.75) is 39.8 Å². The first kappa shape index (κ1) is 14.8. The van der Waals surface area contributed by atoms with Crippen molar-refractivity contribution >= 4 is 17.5 Å². The Morgan fingerprint density at radius 3 is 2.39 bits per heavy atom. The van der Waals surface area contributed by atoms with E-state index in [0.29, 0.717) is 10.8 Å². The lowest BCUT2D eigenvalue weighted by atomic mass is 10.2. The molecule has 0 saturated heterocycles. The summed E-state index contributed by atoms with van der Waals surface area (Å²) in [6, 6.07) is 7.38. The maximum absolute atomic E-state index is 12.1. The molecule has 0 N–H and O–H groups in total. The van der Waals surface area contributed by atoms with Crippen LogP contribution in [0.2, 0.25) is 5.02 Å². The molecular weight excluding hydrogens is 250 g/mol. The Hall–Kier alpha value is -1.22. The highest BCUT2D eigenvalue weighted by Crippen LogP contribution is 2.17. The number of benzene rings is 1. The molecule has 1 aromatic rings. The fourth-order valence-corrected chi connectivity index (χ4v) is 2.13. The quantitative estimate of drug-likeness (QED) is 0.820. The van der Waals surface area contributed by atoms with Crippen molar-refractivity contribution < 1.29 is 9.53 Å². The third kappa shape index (κ3) is 4.22. The Bertz CT molecular complexity index is 397. The van der Waals surface area contributed by atoms with E-state index in [2.05, 4.69) is 0 Å². The van der Waals surface area contributed by atoms with E-state index in [1.807, 2.05) is 32.6 Å². The Kier molecular flexibility index (Phi) is 5.48. The summed E-state index contributed by atoms with van der Waals surface area (Å²) in [6.45, 7) is 8.03. The van der Waals surface area contributed by atoms with Gasteiger partial charge < -0.3 is 9.64 Å². The Balaban J connectivity index is 2.60. The largest absolute Gasteiger partial charge is 0.484 e. The van der Waals surface area contributed by atoms with Gasteiger partial charge in [0.25, 0.3) is 5.91 Å². The van der Waals surface area contributed by atoms with E-state index in [1.165, 1.54) is 0 Å². The summed E-state index contributed by atoms with van der Waals surface area (Å²) in [5, 5.41) is 0.601. The van der Waals surface area contributed by atoms with Crippen molar-refractivity contribution in [3.63, 3.8) is 0 Å². The predicted molar refractivity (Wildman–Crippen MR) is 74.1 cm³/mol. The molecule has 1 aromatic carbocycles. The zero-order valence-corrected chi connectivity index (χ0v) is 12.1. The molecule has 0 saturated carbocycles. The summed E-state index contributed by atoms with van der Waals surface area (Å²) in [6.07, 6.45) is 0. The third-order valence-electron chi connectivity index (χ3n) is 2.56. The summed E-state index contributed by atoms with van der Waals surface area (Å²) >= 11 is 5.85. The van der Waals surface area contributed by atoms with Gasteiger partial charge in [0.15, 0.2) is 6.61 Å². The van der Waals surface area contributed by atoms with Gasteiger partial charge in [0.05, 0.1) is 0 Å². The Morgan fingerprint density at radius 1 is 1.28 bits per heavy atom. The van der Waals surface area contributed by atoms with Crippen LogP contribution in [-0.4, -0.2) is 29.5 Å². The molecule has 0 bridgehead atoms. The second kappa shape index (κ2) is 6.64. The van der Waals surface area contributed by atoms with Crippen LogP contribution < -0.4 is 4.74 Å². The highest BCUT2D eigenvalue weighted by atomic mass is 35.5. The highest BCUT2D eigenvalue weighted by molar-refractivity contribution is 6.30. The lowest BCUT2D eigenvalue weighted by Crippen LogP contribution is -2.44. The van der Waals surface area contributed by atoms with Gasteiger partial charge in [-0.1, -0.05) is 17.7 Å². The van der Waals surface area contributed by atoms with Crippen molar-refractivity contribution in [1.29, 1.82) is 0 Å². The highest BCUT2D eigenvalue weighted by Gasteiger charge is 2.20. The third-order valence-corrected chi connectivity index (χ3v) is 2.79. The molecule has 100 valence electrons. The summed E-state index contributed by atoms with van der Waals surface area (Å²) in [5.41, 5.74) is 0. The molecule has 1 rings (SSSR count). The summed E-state index contributed by atoms with van der Waals surface area (Å²) < 4.78 is 5.45. The Morgan fingerprint density at radius 2 is 1.89 bits per heavy atom. The summed E-state index contributed by atoms with van der Waals surface area (Å²) in [7, 11) is 0. The average molecular weight is 270 g/mol. The molecule has 0 fully saturated rings. The number of carbonyl (C=O) groups is 1. The van der Waals surface area contributed by atoms with Crippen LogP contribution in [0.25, 0.3) is 0 Å². The standard InChI is InChI=1S/C14H20ClNO2/c1-10(2)16(11(3)4)14(17)9-18-13-7-5-6-12(15)8-13/h5-8,10-11H,9H2,1-4H3. The van der Waals surface area contributed by atoms with Gasteiger partial charge in [0.2, 0.25) is 0 Å². The zero-order chi connectivity index (χ0) is 13.7. The van der Waals surface area contributed by atoms with Crippen LogP contribution in [0.3, 0.4) is 0 Å². The molecule has 1 amide bonds. The molecule has 0 aliphatic heterocycles. The lowest BCUT2D eigenvalue weighted by Gasteiger charge is -2.30. The molecule has 0 heterocycles. The van der Waals surface area contributed by atoms with Crippen LogP contribution in [0, 0.1) is 0 Å². The first-order valence-corrected chi connectivity index (χ1v) is 6.49. The van der Waals surface area contributed by atoms with Gasteiger partial charge in [-0.25, -0.2) is 0 Å².